The third kappa shape index (κ3) is 3.79. The van der Waals surface area contributed by atoms with Crippen molar-refractivity contribution >= 4 is 17.3 Å². The fourth-order valence-electron chi connectivity index (χ4n) is 1.98. The van der Waals surface area contributed by atoms with Gasteiger partial charge in [0.05, 0.1) is 28.6 Å². The Balaban J connectivity index is 2.21. The number of nitrogens with zero attached hydrogens (tertiary/aromatic N) is 3. The van der Waals surface area contributed by atoms with E-state index in [1.54, 1.807) is 13.8 Å². The maximum absolute atomic E-state index is 12.2. The number of hydrogen-bond acceptors (Lipinski definition) is 6. The van der Waals surface area contributed by atoms with Gasteiger partial charge in [-0.1, -0.05) is 0 Å². The molecule has 0 bridgehead atoms. The van der Waals surface area contributed by atoms with E-state index in [1.807, 2.05) is 6.92 Å². The second-order valence-electron chi connectivity index (χ2n) is 4.74. The van der Waals surface area contributed by atoms with E-state index < -0.39 is 4.92 Å². The molecule has 1 heterocycles. The molecule has 0 aliphatic carbocycles. The monoisotopic (exact) mass is 316 g/mol. The summed E-state index contributed by atoms with van der Waals surface area (Å²) < 4.78 is 5.25. The van der Waals surface area contributed by atoms with Gasteiger partial charge in [0.1, 0.15) is 0 Å². The van der Waals surface area contributed by atoms with Gasteiger partial charge >= 0.3 is 6.01 Å². The van der Waals surface area contributed by atoms with E-state index in [1.165, 1.54) is 24.3 Å². The molecule has 23 heavy (non-hydrogen) atoms. The van der Waals surface area contributed by atoms with Crippen LogP contribution in [0.1, 0.15) is 28.7 Å². The van der Waals surface area contributed by atoms with Crippen molar-refractivity contribution in [1.29, 1.82) is 0 Å². The largest absolute Gasteiger partial charge is 0.464 e. The Morgan fingerprint density at radius 3 is 2.26 bits per heavy atom. The lowest BCUT2D eigenvalue weighted by Gasteiger charge is -2.12. The minimum Gasteiger partial charge on any atom is -0.464 e. The van der Waals surface area contributed by atoms with Gasteiger partial charge in [-0.2, -0.15) is 9.97 Å². The van der Waals surface area contributed by atoms with E-state index in [4.69, 9.17) is 4.74 Å². The second-order valence-corrected chi connectivity index (χ2v) is 4.74. The third-order valence-corrected chi connectivity index (χ3v) is 3.10. The zero-order chi connectivity index (χ0) is 17.0. The van der Waals surface area contributed by atoms with Crippen LogP contribution < -0.4 is 10.1 Å². The van der Waals surface area contributed by atoms with Crippen molar-refractivity contribution < 1.29 is 14.5 Å². The van der Waals surface area contributed by atoms with Crippen molar-refractivity contribution in [2.75, 3.05) is 11.9 Å². The Bertz CT molecular complexity index is 721. The molecule has 120 valence electrons. The van der Waals surface area contributed by atoms with E-state index in [9.17, 15) is 14.9 Å². The molecule has 8 nitrogen and oxygen atoms in total. The number of amides is 1. The number of non-ortho nitro benzene ring substituents is 1. The van der Waals surface area contributed by atoms with Gasteiger partial charge in [-0.25, -0.2) is 0 Å². The van der Waals surface area contributed by atoms with Crippen molar-refractivity contribution in [3.05, 3.63) is 51.3 Å². The van der Waals surface area contributed by atoms with Gasteiger partial charge in [0.25, 0.3) is 11.6 Å². The highest BCUT2D eigenvalue weighted by molar-refractivity contribution is 6.04. The summed E-state index contributed by atoms with van der Waals surface area (Å²) in [5.41, 5.74) is 1.89. The predicted molar refractivity (Wildman–Crippen MR) is 83.7 cm³/mol. The lowest BCUT2D eigenvalue weighted by atomic mass is 10.2. The van der Waals surface area contributed by atoms with Crippen molar-refractivity contribution in [3.8, 4) is 6.01 Å². The van der Waals surface area contributed by atoms with Gasteiger partial charge < -0.3 is 10.1 Å². The number of anilines is 1. The Morgan fingerprint density at radius 2 is 1.78 bits per heavy atom. The lowest BCUT2D eigenvalue weighted by Crippen LogP contribution is -2.15. The lowest BCUT2D eigenvalue weighted by molar-refractivity contribution is -0.384. The van der Waals surface area contributed by atoms with Crippen LogP contribution in [0.15, 0.2) is 24.3 Å². The first-order valence-electron chi connectivity index (χ1n) is 6.96. The summed E-state index contributed by atoms with van der Waals surface area (Å²) in [6.45, 7) is 5.76. The standard InChI is InChI=1S/C15H16N4O4/c1-4-23-15-16-9(2)13(10(3)17-15)18-14(20)11-5-7-12(8-6-11)19(21)22/h5-8H,4H2,1-3H3,(H,18,20). The van der Waals surface area contributed by atoms with Crippen LogP contribution in [-0.2, 0) is 0 Å². The highest BCUT2D eigenvalue weighted by Crippen LogP contribution is 2.21. The van der Waals surface area contributed by atoms with E-state index in [0.29, 0.717) is 29.2 Å². The molecule has 0 spiro atoms. The summed E-state index contributed by atoms with van der Waals surface area (Å²) in [5, 5.41) is 13.3. The van der Waals surface area contributed by atoms with Crippen molar-refractivity contribution in [1.82, 2.24) is 9.97 Å². The summed E-state index contributed by atoms with van der Waals surface area (Å²) >= 11 is 0. The SMILES string of the molecule is CCOc1nc(C)c(NC(=O)c2ccc([N+](=O)[O-])cc2)c(C)n1. The van der Waals surface area contributed by atoms with Crippen molar-refractivity contribution in [3.63, 3.8) is 0 Å². The van der Waals surface area contributed by atoms with E-state index in [-0.39, 0.29) is 17.6 Å². The molecule has 0 saturated heterocycles. The molecule has 0 fully saturated rings. The molecule has 1 aromatic heterocycles. The molecule has 1 amide bonds. The Kier molecular flexibility index (Phi) is 4.85. The van der Waals surface area contributed by atoms with Gasteiger partial charge in [-0.3, -0.25) is 14.9 Å². The van der Waals surface area contributed by atoms with Gasteiger partial charge in [-0.05, 0) is 32.9 Å². The highest BCUT2D eigenvalue weighted by Gasteiger charge is 2.14. The Hall–Kier alpha value is -3.03. The van der Waals surface area contributed by atoms with Crippen molar-refractivity contribution in [2.24, 2.45) is 0 Å². The summed E-state index contributed by atoms with van der Waals surface area (Å²) in [6, 6.07) is 5.61. The second kappa shape index (κ2) is 6.82. The molecule has 2 rings (SSSR count). The summed E-state index contributed by atoms with van der Waals surface area (Å²) in [4.78, 5) is 30.7. The zero-order valence-electron chi connectivity index (χ0n) is 13.0. The van der Waals surface area contributed by atoms with Crippen LogP contribution in [0, 0.1) is 24.0 Å². The average molecular weight is 316 g/mol. The van der Waals surface area contributed by atoms with Crippen LogP contribution in [0.25, 0.3) is 0 Å². The summed E-state index contributed by atoms with van der Waals surface area (Å²) in [5.74, 6) is -0.390. The van der Waals surface area contributed by atoms with E-state index in [0.717, 1.165) is 0 Å². The fourth-order valence-corrected chi connectivity index (χ4v) is 1.98. The number of hydrogen-bond donors (Lipinski definition) is 1. The first-order chi connectivity index (χ1) is 10.9. The summed E-state index contributed by atoms with van der Waals surface area (Å²) in [7, 11) is 0. The van der Waals surface area contributed by atoms with Gasteiger partial charge in [-0.15, -0.1) is 0 Å². The van der Waals surface area contributed by atoms with Gasteiger partial charge in [0.2, 0.25) is 0 Å². The average Bonchev–Trinajstić information content (AvgIpc) is 2.51. The number of nitro groups is 1. The van der Waals surface area contributed by atoms with Gasteiger partial charge in [0, 0.05) is 17.7 Å². The van der Waals surface area contributed by atoms with Crippen molar-refractivity contribution in [2.45, 2.75) is 20.8 Å². The van der Waals surface area contributed by atoms with Crippen LogP contribution in [0.5, 0.6) is 6.01 Å². The summed E-state index contributed by atoms with van der Waals surface area (Å²) in [6.07, 6.45) is 0. The topological polar surface area (TPSA) is 107 Å². The molecule has 2 aromatic rings. The molecule has 0 radical (unpaired) electrons. The first-order valence-corrected chi connectivity index (χ1v) is 6.96. The first kappa shape index (κ1) is 16.3. The smallest absolute Gasteiger partial charge is 0.316 e. The number of rotatable bonds is 5. The van der Waals surface area contributed by atoms with Crippen LogP contribution in [-0.4, -0.2) is 27.4 Å². The minimum absolute atomic E-state index is 0.0710. The van der Waals surface area contributed by atoms with E-state index >= 15 is 0 Å². The molecule has 0 atom stereocenters. The number of carbonyl (C=O) groups excluding carboxylic acids is 1. The number of nitrogens with one attached hydrogen (secondary N) is 1. The maximum Gasteiger partial charge on any atom is 0.316 e. The Morgan fingerprint density at radius 1 is 1.22 bits per heavy atom. The molecule has 0 saturated carbocycles. The maximum atomic E-state index is 12.2. The molecular formula is C15H16N4O4. The number of aryl methyl sites for hydroxylation is 2. The number of nitro benzene ring substituents is 1. The van der Waals surface area contributed by atoms with Crippen LogP contribution >= 0.6 is 0 Å². The molecule has 1 N–H and O–H groups in total. The number of ether oxygens (including phenoxy) is 1. The molecular weight excluding hydrogens is 300 g/mol. The van der Waals surface area contributed by atoms with Crippen LogP contribution in [0.3, 0.4) is 0 Å². The van der Waals surface area contributed by atoms with Crippen LogP contribution in [0.4, 0.5) is 11.4 Å². The number of aromatic nitrogens is 2. The predicted octanol–water partition coefficient (Wildman–Crippen LogP) is 2.65. The number of carbonyl (C=O) groups is 1. The normalized spacial score (nSPS) is 10.2. The molecule has 0 aliphatic rings. The third-order valence-electron chi connectivity index (χ3n) is 3.10. The Labute approximate surface area is 132 Å². The zero-order valence-corrected chi connectivity index (χ0v) is 13.0. The molecule has 0 aliphatic heterocycles. The quantitative estimate of drug-likeness (QED) is 0.671. The fraction of sp³-hybridized carbons (Fsp3) is 0.267. The number of benzene rings is 1. The van der Waals surface area contributed by atoms with Gasteiger partial charge in [0.15, 0.2) is 0 Å². The molecule has 8 heteroatoms. The van der Waals surface area contributed by atoms with Crippen LogP contribution in [0.2, 0.25) is 0 Å². The molecule has 0 unspecified atom stereocenters. The van der Waals surface area contributed by atoms with E-state index in [2.05, 4.69) is 15.3 Å². The molecule has 1 aromatic carbocycles. The minimum atomic E-state index is -0.518. The highest BCUT2D eigenvalue weighted by atomic mass is 16.6.